The van der Waals surface area contributed by atoms with E-state index >= 15 is 0 Å². The minimum Gasteiger partial charge on any atom is -0.329 e. The third-order valence-corrected chi connectivity index (χ3v) is 3.30. The van der Waals surface area contributed by atoms with E-state index in [0.29, 0.717) is 10.6 Å². The number of carbonyl (C=O) groups excluding carboxylic acids is 2. The maximum absolute atomic E-state index is 12.0. The Hall–Kier alpha value is -1.84. The van der Waals surface area contributed by atoms with E-state index in [0.717, 1.165) is 0 Å². The Labute approximate surface area is 126 Å². The van der Waals surface area contributed by atoms with Gasteiger partial charge in [-0.15, -0.1) is 0 Å². The summed E-state index contributed by atoms with van der Waals surface area (Å²) >= 11 is 11.8. The van der Waals surface area contributed by atoms with Crippen molar-refractivity contribution in [2.45, 2.75) is 5.50 Å². The van der Waals surface area contributed by atoms with Crippen LogP contribution in [-0.2, 0) is 0 Å². The Kier molecular flexibility index (Phi) is 4.77. The van der Waals surface area contributed by atoms with E-state index in [1.807, 2.05) is 0 Å². The molecule has 1 N–H and O–H groups in total. The van der Waals surface area contributed by atoms with Crippen LogP contribution in [0.3, 0.4) is 0 Å². The molecular formula is C15H11Cl2NO2. The van der Waals surface area contributed by atoms with Crippen molar-refractivity contribution in [2.75, 3.05) is 0 Å². The average Bonchev–Trinajstić information content (AvgIpc) is 2.47. The van der Waals surface area contributed by atoms with Crippen molar-refractivity contribution in [2.24, 2.45) is 0 Å². The van der Waals surface area contributed by atoms with Gasteiger partial charge in [-0.1, -0.05) is 65.7 Å². The zero-order chi connectivity index (χ0) is 14.5. The molecule has 102 valence electrons. The molecule has 0 aliphatic rings. The number of ketones is 1. The Balaban J connectivity index is 2.09. The zero-order valence-corrected chi connectivity index (χ0v) is 11.9. The quantitative estimate of drug-likeness (QED) is 0.534. The van der Waals surface area contributed by atoms with Gasteiger partial charge in [0.05, 0.1) is 10.6 Å². The smallest absolute Gasteiger partial charge is 0.254 e. The molecule has 0 bridgehead atoms. The van der Waals surface area contributed by atoms with Crippen LogP contribution in [0.2, 0.25) is 5.02 Å². The maximum Gasteiger partial charge on any atom is 0.254 e. The summed E-state index contributed by atoms with van der Waals surface area (Å²) in [6.45, 7) is 0. The molecule has 2 aromatic carbocycles. The number of amides is 1. The third-order valence-electron chi connectivity index (χ3n) is 2.66. The predicted molar refractivity (Wildman–Crippen MR) is 79.3 cm³/mol. The average molecular weight is 308 g/mol. The summed E-state index contributed by atoms with van der Waals surface area (Å²) < 4.78 is 0. The van der Waals surface area contributed by atoms with Gasteiger partial charge in [-0.05, 0) is 12.1 Å². The molecule has 0 radical (unpaired) electrons. The highest BCUT2D eigenvalue weighted by Gasteiger charge is 2.20. The van der Waals surface area contributed by atoms with Gasteiger partial charge in [0, 0.05) is 5.56 Å². The highest BCUT2D eigenvalue weighted by atomic mass is 35.5. The van der Waals surface area contributed by atoms with Crippen molar-refractivity contribution in [1.82, 2.24) is 5.32 Å². The van der Waals surface area contributed by atoms with Gasteiger partial charge in [0.25, 0.3) is 5.91 Å². The Morgan fingerprint density at radius 3 is 2.20 bits per heavy atom. The largest absolute Gasteiger partial charge is 0.329 e. The Morgan fingerprint density at radius 2 is 1.55 bits per heavy atom. The van der Waals surface area contributed by atoms with Crippen molar-refractivity contribution >= 4 is 34.9 Å². The summed E-state index contributed by atoms with van der Waals surface area (Å²) in [6.07, 6.45) is 0. The lowest BCUT2D eigenvalue weighted by molar-refractivity contribution is 0.0889. The highest BCUT2D eigenvalue weighted by molar-refractivity contribution is 6.36. The molecule has 0 spiro atoms. The monoisotopic (exact) mass is 307 g/mol. The van der Waals surface area contributed by atoms with Gasteiger partial charge >= 0.3 is 0 Å². The standard InChI is InChI=1S/C15H11Cl2NO2/c16-12-9-5-4-8-11(12)15(20)18-14(17)13(19)10-6-2-1-3-7-10/h1-9,14H,(H,18,20). The van der Waals surface area contributed by atoms with Crippen LogP contribution in [-0.4, -0.2) is 17.2 Å². The molecule has 0 fully saturated rings. The van der Waals surface area contributed by atoms with Crippen molar-refractivity contribution in [3.05, 3.63) is 70.7 Å². The van der Waals surface area contributed by atoms with Crippen LogP contribution in [0, 0.1) is 0 Å². The number of alkyl halides is 1. The summed E-state index contributed by atoms with van der Waals surface area (Å²) in [7, 11) is 0. The number of hydrogen-bond donors (Lipinski definition) is 1. The second-order valence-corrected chi connectivity index (χ2v) is 4.89. The molecule has 0 heterocycles. The highest BCUT2D eigenvalue weighted by Crippen LogP contribution is 2.15. The van der Waals surface area contributed by atoms with Crippen LogP contribution >= 0.6 is 23.2 Å². The van der Waals surface area contributed by atoms with Crippen molar-refractivity contribution in [3.8, 4) is 0 Å². The SMILES string of the molecule is O=C(NC(Cl)C(=O)c1ccccc1)c1ccccc1Cl. The molecule has 20 heavy (non-hydrogen) atoms. The van der Waals surface area contributed by atoms with Gasteiger partial charge in [0.2, 0.25) is 0 Å². The van der Waals surface area contributed by atoms with E-state index < -0.39 is 11.4 Å². The van der Waals surface area contributed by atoms with Crippen LogP contribution in [0.5, 0.6) is 0 Å². The summed E-state index contributed by atoms with van der Waals surface area (Å²) in [6, 6.07) is 15.1. The van der Waals surface area contributed by atoms with E-state index in [-0.39, 0.29) is 11.3 Å². The van der Waals surface area contributed by atoms with Crippen molar-refractivity contribution in [1.29, 1.82) is 0 Å². The number of halogens is 2. The fourth-order valence-electron chi connectivity index (χ4n) is 1.65. The van der Waals surface area contributed by atoms with Crippen molar-refractivity contribution in [3.63, 3.8) is 0 Å². The predicted octanol–water partition coefficient (Wildman–Crippen LogP) is 3.52. The van der Waals surface area contributed by atoms with E-state index in [9.17, 15) is 9.59 Å². The Morgan fingerprint density at radius 1 is 0.950 bits per heavy atom. The number of rotatable bonds is 4. The molecule has 0 aliphatic heterocycles. The van der Waals surface area contributed by atoms with Gasteiger partial charge in [0.1, 0.15) is 0 Å². The molecule has 1 unspecified atom stereocenters. The number of nitrogens with one attached hydrogen (secondary N) is 1. The van der Waals surface area contributed by atoms with Gasteiger partial charge < -0.3 is 5.32 Å². The van der Waals surface area contributed by atoms with Gasteiger partial charge in [0.15, 0.2) is 11.3 Å². The molecule has 2 rings (SSSR count). The van der Waals surface area contributed by atoms with E-state index in [2.05, 4.69) is 5.32 Å². The van der Waals surface area contributed by atoms with Crippen LogP contribution < -0.4 is 5.32 Å². The summed E-state index contributed by atoms with van der Waals surface area (Å²) in [5.41, 5.74) is -0.422. The van der Waals surface area contributed by atoms with E-state index in [1.165, 1.54) is 0 Å². The summed E-state index contributed by atoms with van der Waals surface area (Å²) in [4.78, 5) is 24.0. The summed E-state index contributed by atoms with van der Waals surface area (Å²) in [5, 5.41) is 2.73. The molecule has 1 atom stereocenters. The van der Waals surface area contributed by atoms with E-state index in [4.69, 9.17) is 23.2 Å². The molecule has 0 aliphatic carbocycles. The number of Topliss-reactive ketones (excluding diaryl/α,β-unsaturated/α-hetero) is 1. The van der Waals surface area contributed by atoms with Crippen molar-refractivity contribution < 1.29 is 9.59 Å². The Bertz CT molecular complexity index is 629. The first-order chi connectivity index (χ1) is 9.59. The first kappa shape index (κ1) is 14.6. The fourth-order valence-corrected chi connectivity index (χ4v) is 2.10. The lowest BCUT2D eigenvalue weighted by Crippen LogP contribution is -2.36. The first-order valence-electron chi connectivity index (χ1n) is 5.88. The fraction of sp³-hybridized carbons (Fsp3) is 0.0667. The molecule has 2 aromatic rings. The molecular weight excluding hydrogens is 297 g/mol. The maximum atomic E-state index is 12.0. The third kappa shape index (κ3) is 3.38. The molecule has 0 saturated carbocycles. The molecule has 0 aromatic heterocycles. The van der Waals surface area contributed by atoms with Crippen LogP contribution in [0.15, 0.2) is 54.6 Å². The second-order valence-electron chi connectivity index (χ2n) is 4.05. The summed E-state index contributed by atoms with van der Waals surface area (Å²) in [5.74, 6) is -0.854. The van der Waals surface area contributed by atoms with Crippen LogP contribution in [0.4, 0.5) is 0 Å². The normalized spacial score (nSPS) is 11.7. The van der Waals surface area contributed by atoms with Crippen LogP contribution in [0.1, 0.15) is 20.7 Å². The molecule has 1 amide bonds. The van der Waals surface area contributed by atoms with Gasteiger partial charge in [-0.25, -0.2) is 0 Å². The first-order valence-corrected chi connectivity index (χ1v) is 6.70. The topological polar surface area (TPSA) is 46.2 Å². The molecule has 3 nitrogen and oxygen atoms in total. The second kappa shape index (κ2) is 6.55. The number of hydrogen-bond acceptors (Lipinski definition) is 2. The van der Waals surface area contributed by atoms with Gasteiger partial charge in [-0.2, -0.15) is 0 Å². The molecule has 5 heteroatoms. The lowest BCUT2D eigenvalue weighted by atomic mass is 10.1. The molecule has 0 saturated heterocycles. The lowest BCUT2D eigenvalue weighted by Gasteiger charge is -2.11. The zero-order valence-electron chi connectivity index (χ0n) is 10.3. The number of benzene rings is 2. The number of carbonyl (C=O) groups is 2. The minimum atomic E-state index is -1.14. The van der Waals surface area contributed by atoms with Gasteiger partial charge in [-0.3, -0.25) is 9.59 Å². The van der Waals surface area contributed by atoms with E-state index in [1.54, 1.807) is 54.6 Å². The van der Waals surface area contributed by atoms with Crippen LogP contribution in [0.25, 0.3) is 0 Å². The minimum absolute atomic E-state index is 0.278.